The molecule has 1 fully saturated rings. The summed E-state index contributed by atoms with van der Waals surface area (Å²) in [5.74, 6) is 2.13. The quantitative estimate of drug-likeness (QED) is 0.533. The molecule has 152 valence electrons. The molecule has 4 heterocycles. The maximum absolute atomic E-state index is 12.7. The van der Waals surface area contributed by atoms with Crippen LogP contribution in [0, 0.1) is 18.8 Å². The van der Waals surface area contributed by atoms with Crippen LogP contribution < -0.4 is 0 Å². The van der Waals surface area contributed by atoms with Crippen molar-refractivity contribution in [1.29, 1.82) is 0 Å². The first-order valence-corrected chi connectivity index (χ1v) is 11.5. The molecule has 1 saturated carbocycles. The summed E-state index contributed by atoms with van der Waals surface area (Å²) in [6.07, 6.45) is 5.17. The monoisotopic (exact) mass is 414 g/mol. The molecule has 0 aliphatic heterocycles. The van der Waals surface area contributed by atoms with Crippen LogP contribution in [0.1, 0.15) is 43.0 Å². The lowest BCUT2D eigenvalue weighted by Gasteiger charge is -2.13. The smallest absolute Gasteiger partial charge is 0.179 e. The Hall–Kier alpha value is -2.75. The summed E-state index contributed by atoms with van der Waals surface area (Å²) in [4.78, 5) is 7.48. The fraction of sp³-hybridized carbons (Fsp3) is 0.474. The van der Waals surface area contributed by atoms with Gasteiger partial charge >= 0.3 is 0 Å². The van der Waals surface area contributed by atoms with Gasteiger partial charge in [0.05, 0.1) is 28.9 Å². The molecular formula is C19H22N6O3S. The van der Waals surface area contributed by atoms with E-state index in [1.807, 2.05) is 16.7 Å². The number of hydrogen-bond acceptors (Lipinski definition) is 7. The lowest BCUT2D eigenvalue weighted by Crippen LogP contribution is -2.16. The highest BCUT2D eigenvalue weighted by molar-refractivity contribution is 7.90. The zero-order valence-corrected chi connectivity index (χ0v) is 17.1. The SMILES string of the molecule is Cc1cc(CS(=O)(=O)C[C@H]2C[C@@H](C)[C@@H](c3nnc4cnc5[nH]ccc5n34)C2)no1. The molecule has 1 N–H and O–H groups in total. The summed E-state index contributed by atoms with van der Waals surface area (Å²) in [5.41, 5.74) is 2.89. The zero-order chi connectivity index (χ0) is 20.2. The molecule has 29 heavy (non-hydrogen) atoms. The molecule has 4 aromatic rings. The summed E-state index contributed by atoms with van der Waals surface area (Å²) in [5, 5.41) is 12.6. The molecular weight excluding hydrogens is 392 g/mol. The zero-order valence-electron chi connectivity index (χ0n) is 16.2. The van der Waals surface area contributed by atoms with Crippen molar-refractivity contribution >= 4 is 26.6 Å². The van der Waals surface area contributed by atoms with E-state index in [1.165, 1.54) is 0 Å². The van der Waals surface area contributed by atoms with E-state index in [1.54, 1.807) is 19.2 Å². The van der Waals surface area contributed by atoms with Gasteiger partial charge in [0.1, 0.15) is 11.6 Å². The highest BCUT2D eigenvalue weighted by atomic mass is 32.2. The molecule has 0 radical (unpaired) electrons. The van der Waals surface area contributed by atoms with E-state index in [2.05, 4.69) is 32.2 Å². The van der Waals surface area contributed by atoms with Crippen LogP contribution in [0.5, 0.6) is 0 Å². The van der Waals surface area contributed by atoms with Crippen molar-refractivity contribution in [2.24, 2.45) is 11.8 Å². The van der Waals surface area contributed by atoms with Crippen LogP contribution >= 0.6 is 0 Å². The van der Waals surface area contributed by atoms with Gasteiger partial charge in [-0.05, 0) is 37.7 Å². The van der Waals surface area contributed by atoms with Crippen molar-refractivity contribution in [3.05, 3.63) is 41.8 Å². The van der Waals surface area contributed by atoms with Gasteiger partial charge in [-0.25, -0.2) is 13.4 Å². The Balaban J connectivity index is 1.39. The summed E-state index contributed by atoms with van der Waals surface area (Å²) in [6, 6.07) is 3.64. The molecule has 5 rings (SSSR count). The second-order valence-electron chi connectivity index (χ2n) is 8.13. The summed E-state index contributed by atoms with van der Waals surface area (Å²) in [6.45, 7) is 3.92. The fourth-order valence-electron chi connectivity index (χ4n) is 4.64. The first-order valence-electron chi connectivity index (χ1n) is 9.69. The maximum atomic E-state index is 12.7. The molecule has 1 aliphatic rings. The van der Waals surface area contributed by atoms with Gasteiger partial charge in [0.25, 0.3) is 0 Å². The molecule has 0 aromatic carbocycles. The topological polar surface area (TPSA) is 119 Å². The van der Waals surface area contributed by atoms with Crippen molar-refractivity contribution in [3.8, 4) is 0 Å². The van der Waals surface area contributed by atoms with Crippen LogP contribution in [0.4, 0.5) is 0 Å². The highest BCUT2D eigenvalue weighted by Gasteiger charge is 2.37. The van der Waals surface area contributed by atoms with E-state index in [0.717, 1.165) is 29.8 Å². The van der Waals surface area contributed by atoms with Crippen LogP contribution in [0.3, 0.4) is 0 Å². The maximum Gasteiger partial charge on any atom is 0.179 e. The minimum Gasteiger partial charge on any atom is -0.361 e. The Labute approximate surface area is 167 Å². The lowest BCUT2D eigenvalue weighted by atomic mass is 9.97. The Morgan fingerprint density at radius 3 is 2.97 bits per heavy atom. The highest BCUT2D eigenvalue weighted by Crippen LogP contribution is 2.43. The second-order valence-corrected chi connectivity index (χ2v) is 10.2. The van der Waals surface area contributed by atoms with Crippen molar-refractivity contribution in [2.75, 3.05) is 5.75 Å². The Kier molecular flexibility index (Phi) is 4.19. The number of nitrogens with one attached hydrogen (secondary N) is 1. The van der Waals surface area contributed by atoms with Gasteiger partial charge < -0.3 is 9.51 Å². The Bertz CT molecular complexity index is 1290. The van der Waals surface area contributed by atoms with Crippen LogP contribution in [0.25, 0.3) is 16.8 Å². The van der Waals surface area contributed by atoms with E-state index in [0.29, 0.717) is 23.0 Å². The third-order valence-corrected chi connectivity index (χ3v) is 7.53. The van der Waals surface area contributed by atoms with Crippen LogP contribution in [0.15, 0.2) is 29.0 Å². The van der Waals surface area contributed by atoms with Crippen molar-refractivity contribution in [1.82, 2.24) is 29.7 Å². The lowest BCUT2D eigenvalue weighted by molar-refractivity contribution is 0.392. The summed E-state index contributed by atoms with van der Waals surface area (Å²) >= 11 is 0. The van der Waals surface area contributed by atoms with Crippen molar-refractivity contribution < 1.29 is 12.9 Å². The average Bonchev–Trinajstić information content (AvgIpc) is 3.40. The van der Waals surface area contributed by atoms with Gasteiger partial charge in [0.2, 0.25) is 0 Å². The Morgan fingerprint density at radius 1 is 1.31 bits per heavy atom. The molecule has 0 unspecified atom stereocenters. The molecule has 4 aromatic heterocycles. The number of nitrogens with zero attached hydrogens (tertiary/aromatic N) is 5. The van der Waals surface area contributed by atoms with Gasteiger partial charge in [0, 0.05) is 18.2 Å². The number of aryl methyl sites for hydroxylation is 1. The number of aromatic amines is 1. The number of H-pyrrole nitrogens is 1. The number of hydrogen-bond donors (Lipinski definition) is 1. The number of aromatic nitrogens is 6. The first kappa shape index (κ1) is 18.3. The van der Waals surface area contributed by atoms with Crippen LogP contribution in [-0.4, -0.2) is 43.9 Å². The van der Waals surface area contributed by atoms with E-state index in [4.69, 9.17) is 4.52 Å². The molecule has 1 aliphatic carbocycles. The van der Waals surface area contributed by atoms with E-state index in [-0.39, 0.29) is 23.3 Å². The Morgan fingerprint density at radius 2 is 2.17 bits per heavy atom. The standard InChI is InChI=1S/C19H22N6O3S/c1-11-5-13(9-29(26,27)10-14-6-12(2)28-24-14)7-15(11)19-23-22-17-8-21-18-16(25(17)19)3-4-20-18/h3-4,6,8,11,13,15,20H,5,7,9-10H2,1-2H3/t11-,13+,15+/m1/s1. The van der Waals surface area contributed by atoms with E-state index < -0.39 is 9.84 Å². The fourth-order valence-corrected chi connectivity index (χ4v) is 6.34. The third kappa shape index (κ3) is 3.31. The predicted molar refractivity (Wildman–Crippen MR) is 106 cm³/mol. The molecule has 0 bridgehead atoms. The van der Waals surface area contributed by atoms with Crippen LogP contribution in [0.2, 0.25) is 0 Å². The predicted octanol–water partition coefficient (Wildman–Crippen LogP) is 2.65. The molecule has 0 spiro atoms. The third-order valence-electron chi connectivity index (χ3n) is 5.81. The first-order chi connectivity index (χ1) is 13.9. The molecule has 9 nitrogen and oxygen atoms in total. The minimum absolute atomic E-state index is 0.0800. The van der Waals surface area contributed by atoms with Crippen molar-refractivity contribution in [3.63, 3.8) is 0 Å². The molecule has 0 amide bonds. The normalized spacial score (nSPS) is 22.8. The van der Waals surface area contributed by atoms with Gasteiger partial charge in [-0.1, -0.05) is 12.1 Å². The number of fused-ring (bicyclic) bond motifs is 3. The average molecular weight is 414 g/mol. The second kappa shape index (κ2) is 6.65. The number of rotatable bonds is 5. The van der Waals surface area contributed by atoms with E-state index >= 15 is 0 Å². The van der Waals surface area contributed by atoms with Crippen LogP contribution in [-0.2, 0) is 15.6 Å². The molecule has 10 heteroatoms. The number of sulfone groups is 1. The van der Waals surface area contributed by atoms with Gasteiger partial charge in [-0.2, -0.15) is 0 Å². The molecule has 0 saturated heterocycles. The van der Waals surface area contributed by atoms with Gasteiger partial charge in [-0.3, -0.25) is 4.40 Å². The minimum atomic E-state index is -3.27. The van der Waals surface area contributed by atoms with Gasteiger partial charge in [0.15, 0.2) is 21.1 Å². The molecule has 3 atom stereocenters. The largest absolute Gasteiger partial charge is 0.361 e. The van der Waals surface area contributed by atoms with Crippen molar-refractivity contribution in [2.45, 2.75) is 38.4 Å². The summed E-state index contributed by atoms with van der Waals surface area (Å²) < 4.78 is 32.4. The summed E-state index contributed by atoms with van der Waals surface area (Å²) in [7, 11) is -3.27. The van der Waals surface area contributed by atoms with E-state index in [9.17, 15) is 8.42 Å². The van der Waals surface area contributed by atoms with Gasteiger partial charge in [-0.15, -0.1) is 10.2 Å².